The van der Waals surface area contributed by atoms with E-state index in [-0.39, 0.29) is 23.4 Å². The first-order chi connectivity index (χ1) is 25.5. The standard InChI is InChI=1S/C21H24O2.C18H22O.C6H15N.C3H3ClO/c1-5-20(22)23-15-14-16-6-8-17(9-7-16)18-10-12-19(13-11-18)21(2,3)4;1-18(2,3)17-10-8-16(9-11-17)15-6-4-14(5-7-15)12-13-19;1-4-7(5-2)6-3;1-2-3(4)5/h5-13H,1,14-15H2,2-4H3;4-11,19H,12-13H2,1-3H3;4-6H2,1-3H3;2H,1H2. The van der Waals surface area contributed by atoms with Gasteiger partial charge in [0.25, 0.3) is 0 Å². The highest BCUT2D eigenvalue weighted by atomic mass is 35.5. The van der Waals surface area contributed by atoms with Crippen molar-refractivity contribution < 1.29 is 19.4 Å². The van der Waals surface area contributed by atoms with Crippen LogP contribution in [0, 0.1) is 0 Å². The minimum atomic E-state index is -0.509. The quantitative estimate of drug-likeness (QED) is 0.0886. The van der Waals surface area contributed by atoms with Crippen molar-refractivity contribution in [2.75, 3.05) is 32.8 Å². The summed E-state index contributed by atoms with van der Waals surface area (Å²) in [6.45, 7) is 30.5. The van der Waals surface area contributed by atoms with Gasteiger partial charge in [0.2, 0.25) is 5.24 Å². The molecule has 0 aliphatic carbocycles. The number of benzene rings is 4. The smallest absolute Gasteiger partial charge is 0.330 e. The third kappa shape index (κ3) is 18.6. The van der Waals surface area contributed by atoms with Gasteiger partial charge in [-0.2, -0.15) is 0 Å². The average molecular weight is 754 g/mol. The maximum absolute atomic E-state index is 11.0. The number of allylic oxidation sites excluding steroid dienone is 1. The molecule has 0 saturated carbocycles. The first-order valence-corrected chi connectivity index (χ1v) is 19.2. The van der Waals surface area contributed by atoms with Gasteiger partial charge in [0.05, 0.1) is 6.61 Å². The van der Waals surface area contributed by atoms with E-state index in [1.807, 2.05) is 0 Å². The van der Waals surface area contributed by atoms with Crippen molar-refractivity contribution in [1.82, 2.24) is 4.90 Å². The number of carbonyl (C=O) groups is 2. The predicted octanol–water partition coefficient (Wildman–Crippen LogP) is 11.4. The van der Waals surface area contributed by atoms with Crippen molar-refractivity contribution in [2.45, 2.75) is 86.0 Å². The Morgan fingerprint density at radius 1 is 0.611 bits per heavy atom. The lowest BCUT2D eigenvalue weighted by Gasteiger charge is -2.19. The van der Waals surface area contributed by atoms with Crippen molar-refractivity contribution in [3.63, 3.8) is 0 Å². The van der Waals surface area contributed by atoms with Crippen LogP contribution in [0.15, 0.2) is 122 Å². The zero-order chi connectivity index (χ0) is 40.7. The predicted molar refractivity (Wildman–Crippen MR) is 231 cm³/mol. The Kier molecular flexibility index (Phi) is 22.0. The minimum Gasteiger partial charge on any atom is -0.462 e. The monoisotopic (exact) mass is 753 g/mol. The van der Waals surface area contributed by atoms with E-state index in [9.17, 15) is 9.59 Å². The van der Waals surface area contributed by atoms with E-state index >= 15 is 0 Å². The maximum Gasteiger partial charge on any atom is 0.330 e. The summed E-state index contributed by atoms with van der Waals surface area (Å²) in [7, 11) is 0. The molecule has 0 aliphatic rings. The van der Waals surface area contributed by atoms with Crippen LogP contribution in [0.5, 0.6) is 0 Å². The molecule has 54 heavy (non-hydrogen) atoms. The topological polar surface area (TPSA) is 66.8 Å². The summed E-state index contributed by atoms with van der Waals surface area (Å²) in [6.07, 6.45) is 3.66. The van der Waals surface area contributed by atoms with Crippen LogP contribution in [-0.4, -0.2) is 54.1 Å². The molecule has 0 spiro atoms. The minimum absolute atomic E-state index is 0.172. The molecule has 4 rings (SSSR count). The largest absolute Gasteiger partial charge is 0.462 e. The average Bonchev–Trinajstić information content (AvgIpc) is 3.16. The third-order valence-electron chi connectivity index (χ3n) is 8.78. The summed E-state index contributed by atoms with van der Waals surface area (Å²) >= 11 is 4.71. The molecule has 292 valence electrons. The van der Waals surface area contributed by atoms with Crippen LogP contribution in [0.3, 0.4) is 0 Å². The van der Waals surface area contributed by atoms with Gasteiger partial charge in [-0.15, -0.1) is 0 Å². The molecule has 0 unspecified atom stereocenters. The Morgan fingerprint density at radius 3 is 1.17 bits per heavy atom. The van der Waals surface area contributed by atoms with Gasteiger partial charge in [-0.05, 0) is 99.1 Å². The molecule has 0 fully saturated rings. The molecule has 0 bridgehead atoms. The van der Waals surface area contributed by atoms with Crippen molar-refractivity contribution in [2.24, 2.45) is 0 Å². The van der Waals surface area contributed by atoms with Gasteiger partial charge < -0.3 is 14.7 Å². The molecule has 6 heteroatoms. The van der Waals surface area contributed by atoms with Crippen LogP contribution in [0.2, 0.25) is 0 Å². The molecule has 4 aromatic carbocycles. The first-order valence-electron chi connectivity index (χ1n) is 18.9. The summed E-state index contributed by atoms with van der Waals surface area (Å²) in [4.78, 5) is 22.8. The highest BCUT2D eigenvalue weighted by Crippen LogP contribution is 2.27. The maximum atomic E-state index is 11.0. The second-order valence-electron chi connectivity index (χ2n) is 14.8. The van der Waals surface area contributed by atoms with Crippen molar-refractivity contribution in [1.29, 1.82) is 0 Å². The molecule has 1 N–H and O–H groups in total. The molecule has 0 aliphatic heterocycles. The molecular weight excluding hydrogens is 690 g/mol. The van der Waals surface area contributed by atoms with Crippen LogP contribution in [0.4, 0.5) is 0 Å². The van der Waals surface area contributed by atoms with Crippen LogP contribution >= 0.6 is 11.6 Å². The molecule has 0 amide bonds. The lowest BCUT2D eigenvalue weighted by Crippen LogP contribution is -2.21. The van der Waals surface area contributed by atoms with Gasteiger partial charge in [-0.1, -0.05) is 173 Å². The number of nitrogens with zero attached hydrogens (tertiary/aromatic N) is 1. The van der Waals surface area contributed by atoms with Crippen molar-refractivity contribution in [3.05, 3.63) is 145 Å². The summed E-state index contributed by atoms with van der Waals surface area (Å²) in [5.74, 6) is -0.374. The van der Waals surface area contributed by atoms with Gasteiger partial charge in [0.1, 0.15) is 0 Å². The van der Waals surface area contributed by atoms with Gasteiger partial charge in [0.15, 0.2) is 0 Å². The Morgan fingerprint density at radius 2 is 0.926 bits per heavy atom. The number of esters is 1. The Balaban J connectivity index is 0.000000420. The van der Waals surface area contributed by atoms with E-state index in [1.165, 1.54) is 64.7 Å². The Labute approximate surface area is 331 Å². The molecule has 0 atom stereocenters. The highest BCUT2D eigenvalue weighted by Gasteiger charge is 2.14. The van der Waals surface area contributed by atoms with E-state index in [0.29, 0.717) is 13.0 Å². The summed E-state index contributed by atoms with van der Waals surface area (Å²) in [5.41, 5.74) is 10.3. The summed E-state index contributed by atoms with van der Waals surface area (Å²) < 4.78 is 5.00. The van der Waals surface area contributed by atoms with E-state index in [2.05, 4.69) is 177 Å². The lowest BCUT2D eigenvalue weighted by atomic mass is 9.86. The van der Waals surface area contributed by atoms with Gasteiger partial charge in [-0.3, -0.25) is 4.79 Å². The van der Waals surface area contributed by atoms with E-state index in [1.54, 1.807) is 0 Å². The number of carbonyl (C=O) groups excluding carboxylic acids is 2. The van der Waals surface area contributed by atoms with E-state index in [4.69, 9.17) is 21.4 Å². The van der Waals surface area contributed by atoms with Gasteiger partial charge in [0, 0.05) is 19.1 Å². The van der Waals surface area contributed by atoms with Crippen LogP contribution < -0.4 is 0 Å². The number of halogens is 1. The Bertz CT molecular complexity index is 1650. The number of aliphatic hydroxyl groups excluding tert-OH is 1. The van der Waals surface area contributed by atoms with Crippen LogP contribution in [0.1, 0.15) is 84.6 Å². The highest BCUT2D eigenvalue weighted by molar-refractivity contribution is 6.66. The second kappa shape index (κ2) is 24.9. The number of rotatable bonds is 12. The molecule has 0 saturated heterocycles. The zero-order valence-electron chi connectivity index (χ0n) is 34.3. The number of hydrogen-bond acceptors (Lipinski definition) is 5. The lowest BCUT2D eigenvalue weighted by molar-refractivity contribution is -0.137. The Hall–Kier alpha value is -4.29. The molecule has 4 aromatic rings. The van der Waals surface area contributed by atoms with E-state index < -0.39 is 5.24 Å². The molecule has 0 radical (unpaired) electrons. The van der Waals surface area contributed by atoms with Crippen molar-refractivity contribution >= 4 is 22.8 Å². The fourth-order valence-corrected chi connectivity index (χ4v) is 5.18. The number of aliphatic hydroxyl groups is 1. The fraction of sp³-hybridized carbons (Fsp3) is 0.375. The van der Waals surface area contributed by atoms with Crippen LogP contribution in [0.25, 0.3) is 22.3 Å². The molecule has 0 heterocycles. The first kappa shape index (κ1) is 47.7. The van der Waals surface area contributed by atoms with Gasteiger partial charge in [-0.25, -0.2) is 4.79 Å². The normalized spacial score (nSPS) is 10.7. The number of hydrogen-bond donors (Lipinski definition) is 1. The molecule has 0 aromatic heterocycles. The fourth-order valence-electron chi connectivity index (χ4n) is 5.18. The SMILES string of the molecule is C=CC(=O)Cl.C=CC(=O)OCCc1ccc(-c2ccc(C(C)(C)C)cc2)cc1.CC(C)(C)c1ccc(-c2ccc(CCO)cc2)cc1.CCN(CC)CC. The molecule has 5 nitrogen and oxygen atoms in total. The van der Waals surface area contributed by atoms with Crippen molar-refractivity contribution in [3.8, 4) is 22.3 Å². The second-order valence-corrected chi connectivity index (χ2v) is 15.1. The number of ether oxygens (including phenoxy) is 1. The van der Waals surface area contributed by atoms with Crippen LogP contribution in [-0.2, 0) is 38.0 Å². The van der Waals surface area contributed by atoms with E-state index in [0.717, 1.165) is 18.1 Å². The molecular formula is C48H64ClNO4. The third-order valence-corrected chi connectivity index (χ3v) is 8.94. The zero-order valence-corrected chi connectivity index (χ0v) is 35.0. The van der Waals surface area contributed by atoms with Gasteiger partial charge >= 0.3 is 5.97 Å². The summed E-state index contributed by atoms with van der Waals surface area (Å²) in [5, 5.41) is 8.40. The summed E-state index contributed by atoms with van der Waals surface area (Å²) in [6, 6.07) is 34.3.